The first-order valence-corrected chi connectivity index (χ1v) is 7.60. The number of rotatable bonds is 6. The molecule has 6 nitrogen and oxygen atoms in total. The first-order valence-electron chi connectivity index (χ1n) is 7.22. The predicted molar refractivity (Wildman–Crippen MR) is 92.7 cm³/mol. The van der Waals surface area contributed by atoms with Gasteiger partial charge in [0.05, 0.1) is 6.61 Å². The van der Waals surface area contributed by atoms with Crippen LogP contribution in [0.1, 0.15) is 6.92 Å². The predicted octanol–water partition coefficient (Wildman–Crippen LogP) is 2.54. The van der Waals surface area contributed by atoms with Gasteiger partial charge < -0.3 is 20.6 Å². The van der Waals surface area contributed by atoms with Crippen molar-refractivity contribution in [3.05, 3.63) is 65.1 Å². The van der Waals surface area contributed by atoms with Crippen molar-refractivity contribution in [3.8, 4) is 16.9 Å². The first kappa shape index (κ1) is 17.7. The molecule has 2 rings (SSSR count). The molecule has 0 fully saturated rings. The lowest BCUT2D eigenvalue weighted by Crippen LogP contribution is -2.32. The number of hydrogen-bond acceptors (Lipinski definition) is 6. The number of hydrogen-bond donors (Lipinski definition) is 3. The topological polar surface area (TPSA) is 99.6 Å². The number of carbonyl (C=O) groups is 1. The number of benzene rings is 2. The lowest BCUT2D eigenvalue weighted by atomic mass is 10.1. The number of ether oxygens (including phenoxy) is 2. The van der Waals surface area contributed by atoms with Crippen LogP contribution in [0.4, 0.5) is 0 Å². The summed E-state index contributed by atoms with van der Waals surface area (Å²) in [5, 5.41) is 0.678. The smallest absolute Gasteiger partial charge is 0.361 e. The van der Waals surface area contributed by atoms with E-state index in [0.29, 0.717) is 10.8 Å². The lowest BCUT2D eigenvalue weighted by Gasteiger charge is -2.11. The maximum absolute atomic E-state index is 11.7. The zero-order chi connectivity index (χ0) is 17.5. The van der Waals surface area contributed by atoms with Crippen molar-refractivity contribution in [1.82, 2.24) is 5.43 Å². The highest BCUT2D eigenvalue weighted by Gasteiger charge is 2.15. The highest BCUT2D eigenvalue weighted by molar-refractivity contribution is 6.30. The van der Waals surface area contributed by atoms with Crippen LogP contribution in [0.5, 0.6) is 5.75 Å². The fraction of sp³-hybridized carbons (Fsp3) is 0.118. The van der Waals surface area contributed by atoms with Crippen LogP contribution in [-0.2, 0) is 9.53 Å². The van der Waals surface area contributed by atoms with E-state index in [0.717, 1.165) is 11.1 Å². The Kier molecular flexibility index (Phi) is 6.06. The molecule has 126 valence electrons. The van der Waals surface area contributed by atoms with Crippen molar-refractivity contribution in [2.75, 3.05) is 6.61 Å². The van der Waals surface area contributed by atoms with E-state index in [4.69, 9.17) is 32.7 Å². The summed E-state index contributed by atoms with van der Waals surface area (Å²) in [5.41, 5.74) is 9.82. The zero-order valence-corrected chi connectivity index (χ0v) is 13.8. The number of nitrogens with two attached hydrogens (primary N) is 2. The Hall–Kier alpha value is -2.70. The van der Waals surface area contributed by atoms with E-state index in [-0.39, 0.29) is 18.2 Å². The van der Waals surface area contributed by atoms with Crippen LogP contribution in [-0.4, -0.2) is 12.6 Å². The van der Waals surface area contributed by atoms with Gasteiger partial charge in [-0.05, 0) is 42.3 Å². The molecule has 0 amide bonds. The first-order chi connectivity index (χ1) is 11.5. The molecule has 2 aromatic rings. The fourth-order valence-corrected chi connectivity index (χ4v) is 2.10. The standard InChI is InChI=1S/C17H18ClN3O3/c1-2-23-17(22)15(21-20)16(19)24-14-9-5-12(6-10-14)11-3-7-13(18)8-4-11/h3-10,21H,2,19-20H2,1H3/b16-15+. The second kappa shape index (κ2) is 8.24. The van der Waals surface area contributed by atoms with Crippen molar-refractivity contribution < 1.29 is 14.3 Å². The number of hydrazine groups is 1. The third-order valence-electron chi connectivity index (χ3n) is 3.13. The summed E-state index contributed by atoms with van der Waals surface area (Å²) < 4.78 is 10.3. The van der Waals surface area contributed by atoms with Gasteiger partial charge in [-0.15, -0.1) is 0 Å². The Bertz CT molecular complexity index is 728. The third-order valence-corrected chi connectivity index (χ3v) is 3.38. The summed E-state index contributed by atoms with van der Waals surface area (Å²) >= 11 is 5.88. The molecule has 0 saturated carbocycles. The Morgan fingerprint density at radius 1 is 1.08 bits per heavy atom. The van der Waals surface area contributed by atoms with Crippen molar-refractivity contribution in [2.24, 2.45) is 11.6 Å². The number of halogens is 1. The highest BCUT2D eigenvalue weighted by Crippen LogP contribution is 2.24. The second-order valence-corrected chi connectivity index (χ2v) is 5.17. The third kappa shape index (κ3) is 4.41. The summed E-state index contributed by atoms with van der Waals surface area (Å²) in [6.07, 6.45) is 0. The van der Waals surface area contributed by atoms with Crippen molar-refractivity contribution in [1.29, 1.82) is 0 Å². The van der Waals surface area contributed by atoms with Gasteiger partial charge in [-0.25, -0.2) is 4.79 Å². The largest absolute Gasteiger partial charge is 0.461 e. The van der Waals surface area contributed by atoms with E-state index >= 15 is 0 Å². The highest BCUT2D eigenvalue weighted by atomic mass is 35.5. The van der Waals surface area contributed by atoms with E-state index in [1.807, 2.05) is 36.4 Å². The van der Waals surface area contributed by atoms with E-state index in [9.17, 15) is 4.79 Å². The van der Waals surface area contributed by atoms with Crippen LogP contribution in [0.25, 0.3) is 11.1 Å². The monoisotopic (exact) mass is 347 g/mol. The number of nitrogens with one attached hydrogen (secondary N) is 1. The van der Waals surface area contributed by atoms with Crippen LogP contribution in [0.15, 0.2) is 60.1 Å². The molecule has 7 heteroatoms. The molecule has 0 aromatic heterocycles. The molecule has 0 unspecified atom stereocenters. The Morgan fingerprint density at radius 2 is 1.62 bits per heavy atom. The average Bonchev–Trinajstić information content (AvgIpc) is 2.57. The maximum Gasteiger partial charge on any atom is 0.361 e. The van der Waals surface area contributed by atoms with E-state index in [2.05, 4.69) is 5.43 Å². The molecule has 5 N–H and O–H groups in total. The van der Waals surface area contributed by atoms with Crippen LogP contribution >= 0.6 is 11.6 Å². The molecule has 0 radical (unpaired) electrons. The van der Waals surface area contributed by atoms with Gasteiger partial charge in [0, 0.05) is 5.02 Å². The van der Waals surface area contributed by atoms with Gasteiger partial charge in [-0.2, -0.15) is 0 Å². The molecule has 0 aliphatic heterocycles. The zero-order valence-electron chi connectivity index (χ0n) is 13.1. The summed E-state index contributed by atoms with van der Waals surface area (Å²) in [7, 11) is 0. The average molecular weight is 348 g/mol. The summed E-state index contributed by atoms with van der Waals surface area (Å²) in [6.45, 7) is 1.88. The Balaban J connectivity index is 2.15. The molecule has 0 bridgehead atoms. The second-order valence-electron chi connectivity index (χ2n) is 4.74. The van der Waals surface area contributed by atoms with Crippen LogP contribution < -0.4 is 21.7 Å². The normalized spacial score (nSPS) is 11.5. The minimum absolute atomic E-state index is 0.140. The van der Waals surface area contributed by atoms with Crippen molar-refractivity contribution in [3.63, 3.8) is 0 Å². The van der Waals surface area contributed by atoms with Gasteiger partial charge in [0.25, 0.3) is 0 Å². The molecule has 24 heavy (non-hydrogen) atoms. The molecule has 0 spiro atoms. The summed E-state index contributed by atoms with van der Waals surface area (Å²) in [4.78, 5) is 11.7. The van der Waals surface area contributed by atoms with Crippen LogP contribution in [0.3, 0.4) is 0 Å². The summed E-state index contributed by atoms with van der Waals surface area (Å²) in [6, 6.07) is 14.7. The lowest BCUT2D eigenvalue weighted by molar-refractivity contribution is -0.139. The molecular formula is C17H18ClN3O3. The fourth-order valence-electron chi connectivity index (χ4n) is 1.97. The van der Waals surface area contributed by atoms with Gasteiger partial charge >= 0.3 is 5.97 Å². The summed E-state index contributed by atoms with van der Waals surface area (Å²) in [5.74, 6) is 4.90. The molecule has 2 aromatic carbocycles. The molecule has 0 heterocycles. The van der Waals surface area contributed by atoms with Crippen molar-refractivity contribution in [2.45, 2.75) is 6.92 Å². The van der Waals surface area contributed by atoms with E-state index < -0.39 is 5.97 Å². The maximum atomic E-state index is 11.7. The van der Waals surface area contributed by atoms with E-state index in [1.165, 1.54) is 0 Å². The molecule has 0 aliphatic carbocycles. The van der Waals surface area contributed by atoms with Gasteiger partial charge in [0.1, 0.15) is 5.75 Å². The van der Waals surface area contributed by atoms with Gasteiger partial charge in [-0.1, -0.05) is 35.9 Å². The quantitative estimate of drug-likeness (QED) is 0.244. The van der Waals surface area contributed by atoms with E-state index in [1.54, 1.807) is 19.1 Å². The van der Waals surface area contributed by atoms with Crippen LogP contribution in [0.2, 0.25) is 5.02 Å². The van der Waals surface area contributed by atoms with Gasteiger partial charge in [0.15, 0.2) is 5.70 Å². The SMILES string of the molecule is CCOC(=O)/C(NN)=C(/N)Oc1ccc(-c2ccc(Cl)cc2)cc1. The minimum atomic E-state index is -0.685. The Morgan fingerprint density at radius 3 is 2.12 bits per heavy atom. The molecular weight excluding hydrogens is 330 g/mol. The van der Waals surface area contributed by atoms with Crippen LogP contribution in [0, 0.1) is 0 Å². The number of esters is 1. The molecule has 0 atom stereocenters. The molecule has 0 aliphatic rings. The van der Waals surface area contributed by atoms with Gasteiger partial charge in [-0.3, -0.25) is 5.84 Å². The van der Waals surface area contributed by atoms with Gasteiger partial charge in [0.2, 0.25) is 5.88 Å². The Labute approximate surface area is 145 Å². The van der Waals surface area contributed by atoms with Crippen molar-refractivity contribution >= 4 is 17.6 Å². The number of carbonyl (C=O) groups excluding carboxylic acids is 1. The molecule has 0 saturated heterocycles. The minimum Gasteiger partial charge on any atom is -0.461 e.